The third-order valence-electron chi connectivity index (χ3n) is 5.72. The molecule has 166 valence electrons. The maximum Gasteiger partial charge on any atom is 0.273 e. The van der Waals surface area contributed by atoms with E-state index in [-0.39, 0.29) is 17.3 Å². The Morgan fingerprint density at radius 1 is 1.13 bits per heavy atom. The smallest absolute Gasteiger partial charge is 0.273 e. The number of piperidine rings is 1. The highest BCUT2D eigenvalue weighted by molar-refractivity contribution is 5.92. The quantitative estimate of drug-likeness (QED) is 0.482. The van der Waals surface area contributed by atoms with Gasteiger partial charge in [0.25, 0.3) is 5.69 Å². The summed E-state index contributed by atoms with van der Waals surface area (Å²) in [7, 11) is 3.10. The van der Waals surface area contributed by atoms with Crippen LogP contribution in [-0.2, 0) is 11.2 Å². The van der Waals surface area contributed by atoms with Gasteiger partial charge < -0.3 is 19.7 Å². The van der Waals surface area contributed by atoms with Crippen LogP contribution in [0, 0.1) is 16.0 Å². The monoisotopic (exact) mass is 427 g/mol. The number of likely N-dealkylation sites (tertiary alicyclic amines) is 1. The Hall–Kier alpha value is -3.13. The van der Waals surface area contributed by atoms with E-state index in [0.29, 0.717) is 24.6 Å². The first-order chi connectivity index (χ1) is 15.0. The molecule has 1 aliphatic heterocycles. The number of non-ortho nitro benzene ring substituents is 1. The van der Waals surface area contributed by atoms with Crippen molar-refractivity contribution in [2.24, 2.45) is 5.92 Å². The van der Waals surface area contributed by atoms with Crippen LogP contribution in [0.3, 0.4) is 0 Å². The number of hydrogen-bond acceptors (Lipinski definition) is 6. The lowest BCUT2D eigenvalue weighted by molar-refractivity contribution is -0.384. The minimum Gasteiger partial charge on any atom is -0.497 e. The van der Waals surface area contributed by atoms with E-state index in [1.807, 2.05) is 12.1 Å². The summed E-state index contributed by atoms with van der Waals surface area (Å²) >= 11 is 0. The highest BCUT2D eigenvalue weighted by atomic mass is 16.6. The number of nitro groups is 1. The van der Waals surface area contributed by atoms with Gasteiger partial charge in [-0.3, -0.25) is 14.9 Å². The molecule has 1 aliphatic rings. The van der Waals surface area contributed by atoms with Crippen molar-refractivity contribution in [2.45, 2.75) is 25.7 Å². The standard InChI is InChI=1S/C23H29N3O5/c1-30-20-6-3-17(4-7-20)15-18-9-12-25(13-10-18)14-11-23(27)24-21-8-5-19(26(28)29)16-22(21)31-2/h3-8,16,18H,9-15H2,1-2H3,(H,24,27). The number of methoxy groups -OCH3 is 2. The molecule has 1 N–H and O–H groups in total. The second-order valence-electron chi connectivity index (χ2n) is 7.78. The number of nitrogens with one attached hydrogen (secondary N) is 1. The van der Waals surface area contributed by atoms with E-state index >= 15 is 0 Å². The summed E-state index contributed by atoms with van der Waals surface area (Å²) in [6, 6.07) is 12.4. The topological polar surface area (TPSA) is 93.9 Å². The molecule has 0 aliphatic carbocycles. The highest BCUT2D eigenvalue weighted by Crippen LogP contribution is 2.29. The Kier molecular flexibility index (Phi) is 7.83. The number of carbonyl (C=O) groups excluding carboxylic acids is 1. The molecule has 0 bridgehead atoms. The van der Waals surface area contributed by atoms with Crippen molar-refractivity contribution in [3.05, 3.63) is 58.1 Å². The van der Waals surface area contributed by atoms with Crippen molar-refractivity contribution in [2.75, 3.05) is 39.2 Å². The van der Waals surface area contributed by atoms with E-state index in [1.165, 1.54) is 30.9 Å². The average Bonchev–Trinajstić information content (AvgIpc) is 2.79. The number of carbonyl (C=O) groups is 1. The molecule has 8 heteroatoms. The zero-order chi connectivity index (χ0) is 22.2. The fourth-order valence-corrected chi connectivity index (χ4v) is 3.88. The van der Waals surface area contributed by atoms with Crippen LogP contribution in [0.1, 0.15) is 24.8 Å². The molecule has 1 amide bonds. The molecule has 0 spiro atoms. The molecule has 0 aromatic heterocycles. The van der Waals surface area contributed by atoms with E-state index in [0.717, 1.165) is 38.1 Å². The van der Waals surface area contributed by atoms with Crippen molar-refractivity contribution < 1.29 is 19.2 Å². The van der Waals surface area contributed by atoms with Crippen molar-refractivity contribution in [1.82, 2.24) is 4.90 Å². The lowest BCUT2D eigenvalue weighted by Gasteiger charge is -2.31. The minimum atomic E-state index is -0.494. The molecule has 0 radical (unpaired) electrons. The second kappa shape index (κ2) is 10.8. The molecule has 8 nitrogen and oxygen atoms in total. The predicted molar refractivity (Wildman–Crippen MR) is 119 cm³/mol. The Bertz CT molecular complexity index is 893. The number of rotatable bonds is 9. The van der Waals surface area contributed by atoms with Crippen molar-refractivity contribution in [3.63, 3.8) is 0 Å². The molecule has 2 aromatic rings. The zero-order valence-electron chi connectivity index (χ0n) is 18.0. The summed E-state index contributed by atoms with van der Waals surface area (Å²) in [5.74, 6) is 1.68. The van der Waals surface area contributed by atoms with Gasteiger partial charge in [0.15, 0.2) is 0 Å². The van der Waals surface area contributed by atoms with E-state index in [1.54, 1.807) is 7.11 Å². The fraction of sp³-hybridized carbons (Fsp3) is 0.435. The second-order valence-corrected chi connectivity index (χ2v) is 7.78. The third-order valence-corrected chi connectivity index (χ3v) is 5.72. The van der Waals surface area contributed by atoms with Crippen LogP contribution < -0.4 is 14.8 Å². The summed E-state index contributed by atoms with van der Waals surface area (Å²) in [5.41, 5.74) is 1.69. The zero-order valence-corrected chi connectivity index (χ0v) is 18.0. The summed E-state index contributed by atoms with van der Waals surface area (Å²) in [6.45, 7) is 2.65. The highest BCUT2D eigenvalue weighted by Gasteiger charge is 2.20. The van der Waals surface area contributed by atoms with Gasteiger partial charge in [-0.25, -0.2) is 0 Å². The van der Waals surface area contributed by atoms with E-state index in [9.17, 15) is 14.9 Å². The maximum absolute atomic E-state index is 12.4. The van der Waals surface area contributed by atoms with Gasteiger partial charge >= 0.3 is 0 Å². The Morgan fingerprint density at radius 3 is 2.45 bits per heavy atom. The Morgan fingerprint density at radius 2 is 1.84 bits per heavy atom. The van der Waals surface area contributed by atoms with Gasteiger partial charge in [0, 0.05) is 19.0 Å². The van der Waals surface area contributed by atoms with Gasteiger partial charge in [0.2, 0.25) is 5.91 Å². The minimum absolute atomic E-state index is 0.0765. The summed E-state index contributed by atoms with van der Waals surface area (Å²) in [5, 5.41) is 13.7. The SMILES string of the molecule is COc1ccc(CC2CCN(CCC(=O)Nc3ccc([N+](=O)[O-])cc3OC)CC2)cc1. The fourth-order valence-electron chi connectivity index (χ4n) is 3.88. The molecule has 1 heterocycles. The maximum atomic E-state index is 12.4. The summed E-state index contributed by atoms with van der Waals surface area (Å²) in [6.07, 6.45) is 3.66. The normalized spacial score (nSPS) is 14.8. The predicted octanol–water partition coefficient (Wildman–Crippen LogP) is 3.90. The van der Waals surface area contributed by atoms with Crippen LogP contribution in [0.4, 0.5) is 11.4 Å². The largest absolute Gasteiger partial charge is 0.497 e. The molecule has 3 rings (SSSR count). The third kappa shape index (κ3) is 6.42. The average molecular weight is 428 g/mol. The molecule has 31 heavy (non-hydrogen) atoms. The first-order valence-corrected chi connectivity index (χ1v) is 10.5. The van der Waals surface area contributed by atoms with Gasteiger partial charge in [-0.15, -0.1) is 0 Å². The van der Waals surface area contributed by atoms with Crippen LogP contribution in [0.2, 0.25) is 0 Å². The Balaban J connectivity index is 1.42. The number of nitrogens with zero attached hydrogens (tertiary/aromatic N) is 2. The van der Waals surface area contributed by atoms with Gasteiger partial charge in [-0.1, -0.05) is 12.1 Å². The van der Waals surface area contributed by atoms with Crippen LogP contribution in [-0.4, -0.2) is 49.6 Å². The van der Waals surface area contributed by atoms with Crippen LogP contribution in [0.15, 0.2) is 42.5 Å². The van der Waals surface area contributed by atoms with Gasteiger partial charge in [-0.2, -0.15) is 0 Å². The molecule has 0 atom stereocenters. The molecule has 1 saturated heterocycles. The van der Waals surface area contributed by atoms with Gasteiger partial charge in [0.1, 0.15) is 11.5 Å². The molecular weight excluding hydrogens is 398 g/mol. The number of hydrogen-bond donors (Lipinski definition) is 1. The van der Waals surface area contributed by atoms with Crippen LogP contribution >= 0.6 is 0 Å². The molecular formula is C23H29N3O5. The van der Waals surface area contributed by atoms with Crippen molar-refractivity contribution in [3.8, 4) is 11.5 Å². The van der Waals surface area contributed by atoms with Crippen LogP contribution in [0.5, 0.6) is 11.5 Å². The lowest BCUT2D eigenvalue weighted by Crippen LogP contribution is -2.36. The molecule has 0 unspecified atom stereocenters. The van der Waals surface area contributed by atoms with E-state index in [4.69, 9.17) is 9.47 Å². The Labute approximate surface area is 182 Å². The molecule has 2 aromatic carbocycles. The number of amides is 1. The summed E-state index contributed by atoms with van der Waals surface area (Å²) < 4.78 is 10.4. The van der Waals surface area contributed by atoms with Crippen molar-refractivity contribution in [1.29, 1.82) is 0 Å². The number of ether oxygens (including phenoxy) is 2. The summed E-state index contributed by atoms with van der Waals surface area (Å²) in [4.78, 5) is 25.1. The van der Waals surface area contributed by atoms with Gasteiger partial charge in [0.05, 0.1) is 30.9 Å². The van der Waals surface area contributed by atoms with E-state index < -0.39 is 4.92 Å². The molecule has 1 fully saturated rings. The molecule has 0 saturated carbocycles. The lowest BCUT2D eigenvalue weighted by atomic mass is 9.90. The number of benzene rings is 2. The first kappa shape index (κ1) is 22.6. The number of nitro benzene ring substituents is 1. The number of anilines is 1. The van der Waals surface area contributed by atoms with Crippen molar-refractivity contribution >= 4 is 17.3 Å². The first-order valence-electron chi connectivity index (χ1n) is 10.5. The van der Waals surface area contributed by atoms with Crippen LogP contribution in [0.25, 0.3) is 0 Å². The van der Waals surface area contributed by atoms with E-state index in [2.05, 4.69) is 22.3 Å². The van der Waals surface area contributed by atoms with Gasteiger partial charge in [-0.05, 0) is 62.0 Å².